The Balaban J connectivity index is 2.29. The van der Waals surface area contributed by atoms with E-state index in [9.17, 15) is 4.79 Å². The molecule has 0 radical (unpaired) electrons. The number of carbonyl (C=O) groups is 1. The lowest BCUT2D eigenvalue weighted by Crippen LogP contribution is -2.28. The average Bonchev–Trinajstić information content (AvgIpc) is 2.67. The van der Waals surface area contributed by atoms with Crippen LogP contribution in [0.2, 0.25) is 0 Å². The Labute approximate surface area is 84.4 Å². The molecule has 1 heterocycles. The third-order valence-electron chi connectivity index (χ3n) is 1.39. The molecule has 1 rings (SSSR count). The molecule has 0 saturated carbocycles. The molecule has 1 amide bonds. The molecule has 6 nitrogen and oxygen atoms in total. The lowest BCUT2D eigenvalue weighted by Gasteiger charge is -2.01. The quantitative estimate of drug-likeness (QED) is 0.282. The van der Waals surface area contributed by atoms with Gasteiger partial charge in [-0.1, -0.05) is 5.16 Å². The molecule has 76 valence electrons. The highest BCUT2D eigenvalue weighted by atomic mass is 32.1. The number of carbonyl (C=O) groups excluding carboxylic acids is 1. The van der Waals surface area contributed by atoms with Crippen LogP contribution in [-0.2, 0) is 11.3 Å². The van der Waals surface area contributed by atoms with E-state index in [1.54, 1.807) is 6.20 Å². The van der Waals surface area contributed by atoms with Crippen molar-refractivity contribution in [3.63, 3.8) is 0 Å². The highest BCUT2D eigenvalue weighted by molar-refractivity contribution is 7.09. The number of nitrogens with two attached hydrogens (primary N) is 1. The number of thiazole rings is 1. The Morgan fingerprint density at radius 1 is 1.79 bits per heavy atom. The predicted octanol–water partition coefficient (Wildman–Crippen LogP) is -0.104. The van der Waals surface area contributed by atoms with E-state index in [1.165, 1.54) is 11.3 Å². The number of hydrogen-bond donors (Lipinski definition) is 3. The maximum atomic E-state index is 11.1. The van der Waals surface area contributed by atoms with Crippen molar-refractivity contribution in [2.75, 3.05) is 0 Å². The minimum Gasteiger partial charge on any atom is -0.409 e. The van der Waals surface area contributed by atoms with Crippen LogP contribution >= 0.6 is 11.3 Å². The summed E-state index contributed by atoms with van der Waals surface area (Å²) < 4.78 is 0. The Morgan fingerprint density at radius 2 is 2.57 bits per heavy atom. The molecule has 0 atom stereocenters. The molecule has 0 fully saturated rings. The Morgan fingerprint density at radius 3 is 3.14 bits per heavy atom. The SMILES string of the molecule is NC(CC(=O)NCc1nccs1)=NO. The lowest BCUT2D eigenvalue weighted by atomic mass is 10.4. The third-order valence-corrected chi connectivity index (χ3v) is 2.17. The van der Waals surface area contributed by atoms with E-state index in [4.69, 9.17) is 10.9 Å². The number of hydrogen-bond acceptors (Lipinski definition) is 5. The maximum Gasteiger partial charge on any atom is 0.228 e. The van der Waals surface area contributed by atoms with Gasteiger partial charge in [-0.05, 0) is 0 Å². The number of aromatic nitrogens is 1. The van der Waals surface area contributed by atoms with Crippen molar-refractivity contribution in [2.24, 2.45) is 10.9 Å². The van der Waals surface area contributed by atoms with E-state index in [1.807, 2.05) is 5.38 Å². The molecule has 0 aromatic carbocycles. The van der Waals surface area contributed by atoms with E-state index in [0.717, 1.165) is 5.01 Å². The second-order valence-electron chi connectivity index (χ2n) is 2.47. The van der Waals surface area contributed by atoms with Crippen LogP contribution in [0.25, 0.3) is 0 Å². The van der Waals surface area contributed by atoms with E-state index in [0.29, 0.717) is 6.54 Å². The summed E-state index contributed by atoms with van der Waals surface area (Å²) in [5.74, 6) is -0.405. The molecule has 0 aliphatic carbocycles. The van der Waals surface area contributed by atoms with Gasteiger partial charge in [-0.25, -0.2) is 4.98 Å². The van der Waals surface area contributed by atoms with Crippen molar-refractivity contribution in [2.45, 2.75) is 13.0 Å². The first-order chi connectivity index (χ1) is 6.72. The Bertz CT molecular complexity index is 322. The number of nitrogens with one attached hydrogen (secondary N) is 1. The van der Waals surface area contributed by atoms with Gasteiger partial charge in [0.15, 0.2) is 0 Å². The van der Waals surface area contributed by atoms with Gasteiger partial charge in [-0.2, -0.15) is 0 Å². The summed E-state index contributed by atoms with van der Waals surface area (Å²) in [7, 11) is 0. The summed E-state index contributed by atoms with van der Waals surface area (Å²) in [5, 5.41) is 16.1. The van der Waals surface area contributed by atoms with Gasteiger partial charge in [0.05, 0.1) is 13.0 Å². The molecule has 0 aliphatic rings. The molecule has 0 unspecified atom stereocenters. The van der Waals surface area contributed by atoms with Crippen molar-refractivity contribution < 1.29 is 10.0 Å². The van der Waals surface area contributed by atoms with Crippen LogP contribution in [0, 0.1) is 0 Å². The largest absolute Gasteiger partial charge is 0.409 e. The fraction of sp³-hybridized carbons (Fsp3) is 0.286. The van der Waals surface area contributed by atoms with Crippen LogP contribution < -0.4 is 11.1 Å². The lowest BCUT2D eigenvalue weighted by molar-refractivity contribution is -0.120. The normalized spacial score (nSPS) is 11.3. The van der Waals surface area contributed by atoms with Crippen molar-refractivity contribution in [1.29, 1.82) is 0 Å². The van der Waals surface area contributed by atoms with Gasteiger partial charge in [-0.15, -0.1) is 11.3 Å². The zero-order valence-corrected chi connectivity index (χ0v) is 8.12. The van der Waals surface area contributed by atoms with Gasteiger partial charge in [0.25, 0.3) is 0 Å². The van der Waals surface area contributed by atoms with E-state index in [2.05, 4.69) is 15.5 Å². The first-order valence-corrected chi connectivity index (χ1v) is 4.72. The van der Waals surface area contributed by atoms with Gasteiger partial charge < -0.3 is 16.3 Å². The van der Waals surface area contributed by atoms with E-state index < -0.39 is 0 Å². The van der Waals surface area contributed by atoms with Crippen LogP contribution in [0.5, 0.6) is 0 Å². The number of rotatable bonds is 4. The first kappa shape index (κ1) is 10.5. The molecule has 4 N–H and O–H groups in total. The maximum absolute atomic E-state index is 11.1. The standard InChI is InChI=1S/C7H10N4O2S/c8-5(11-13)3-6(12)10-4-7-9-1-2-14-7/h1-2,13H,3-4H2,(H2,8,11)(H,10,12). The fourth-order valence-electron chi connectivity index (χ4n) is 0.777. The number of amidine groups is 1. The molecule has 0 saturated heterocycles. The molecule has 0 bridgehead atoms. The molecule has 7 heteroatoms. The second kappa shape index (κ2) is 5.18. The number of oxime groups is 1. The van der Waals surface area contributed by atoms with Gasteiger partial charge >= 0.3 is 0 Å². The smallest absolute Gasteiger partial charge is 0.228 e. The highest BCUT2D eigenvalue weighted by Gasteiger charge is 2.04. The van der Waals surface area contributed by atoms with Crippen LogP contribution in [-0.4, -0.2) is 21.9 Å². The van der Waals surface area contributed by atoms with Crippen molar-refractivity contribution >= 4 is 23.1 Å². The highest BCUT2D eigenvalue weighted by Crippen LogP contribution is 2.02. The van der Waals surface area contributed by atoms with Crippen molar-refractivity contribution in [3.8, 4) is 0 Å². The van der Waals surface area contributed by atoms with E-state index >= 15 is 0 Å². The van der Waals surface area contributed by atoms with Crippen molar-refractivity contribution in [1.82, 2.24) is 10.3 Å². The average molecular weight is 214 g/mol. The van der Waals surface area contributed by atoms with Gasteiger partial charge in [0, 0.05) is 11.6 Å². The molecular formula is C7H10N4O2S. The summed E-state index contributed by atoms with van der Waals surface area (Å²) in [6.45, 7) is 0.370. The zero-order chi connectivity index (χ0) is 10.4. The minimum atomic E-state index is -0.296. The Kier molecular flexibility index (Phi) is 3.86. The summed E-state index contributed by atoms with van der Waals surface area (Å²) in [6, 6.07) is 0. The summed E-state index contributed by atoms with van der Waals surface area (Å²) in [4.78, 5) is 15.1. The third kappa shape index (κ3) is 3.40. The molecule has 0 aliphatic heterocycles. The van der Waals surface area contributed by atoms with Gasteiger partial charge in [0.1, 0.15) is 10.8 Å². The van der Waals surface area contributed by atoms with Crippen LogP contribution in [0.3, 0.4) is 0 Å². The Hall–Kier alpha value is -1.63. The second-order valence-corrected chi connectivity index (χ2v) is 3.45. The van der Waals surface area contributed by atoms with Crippen molar-refractivity contribution in [3.05, 3.63) is 16.6 Å². The molecular weight excluding hydrogens is 204 g/mol. The predicted molar refractivity (Wildman–Crippen MR) is 52.0 cm³/mol. The molecule has 14 heavy (non-hydrogen) atoms. The van der Waals surface area contributed by atoms with E-state index in [-0.39, 0.29) is 18.2 Å². The number of amides is 1. The topological polar surface area (TPSA) is 101 Å². The monoisotopic (exact) mass is 214 g/mol. The molecule has 1 aromatic rings. The summed E-state index contributed by atoms with van der Waals surface area (Å²) in [5.41, 5.74) is 5.15. The fourth-order valence-corrected chi connectivity index (χ4v) is 1.33. The first-order valence-electron chi connectivity index (χ1n) is 3.84. The summed E-state index contributed by atoms with van der Waals surface area (Å²) >= 11 is 1.45. The zero-order valence-electron chi connectivity index (χ0n) is 7.30. The molecule has 0 spiro atoms. The van der Waals surface area contributed by atoms with Crippen LogP contribution in [0.15, 0.2) is 16.7 Å². The number of nitrogens with zero attached hydrogens (tertiary/aromatic N) is 2. The van der Waals surface area contributed by atoms with Gasteiger partial charge in [0.2, 0.25) is 5.91 Å². The van der Waals surface area contributed by atoms with Crippen LogP contribution in [0.4, 0.5) is 0 Å². The molecule has 1 aromatic heterocycles. The minimum absolute atomic E-state index is 0.109. The van der Waals surface area contributed by atoms with Gasteiger partial charge in [-0.3, -0.25) is 4.79 Å². The summed E-state index contributed by atoms with van der Waals surface area (Å²) in [6.07, 6.45) is 1.55. The van der Waals surface area contributed by atoms with Crippen LogP contribution in [0.1, 0.15) is 11.4 Å².